The van der Waals surface area contributed by atoms with Crippen LogP contribution in [0.25, 0.3) is 11.0 Å². The van der Waals surface area contributed by atoms with E-state index in [1.54, 1.807) is 14.2 Å². The number of rotatable bonds is 8. The van der Waals surface area contributed by atoms with E-state index in [4.69, 9.17) is 21.7 Å². The van der Waals surface area contributed by atoms with Crippen molar-refractivity contribution in [1.82, 2.24) is 9.13 Å². The second-order valence-corrected chi connectivity index (χ2v) is 7.12. The van der Waals surface area contributed by atoms with Crippen LogP contribution in [0.2, 0.25) is 0 Å². The highest BCUT2D eigenvalue weighted by atomic mass is 32.1. The van der Waals surface area contributed by atoms with Crippen LogP contribution in [0, 0.1) is 4.77 Å². The molecule has 0 radical (unpaired) electrons. The third kappa shape index (κ3) is 4.11. The first-order valence-electron chi connectivity index (χ1n) is 9.63. The Labute approximate surface area is 180 Å². The van der Waals surface area contributed by atoms with Crippen LogP contribution >= 0.6 is 12.2 Å². The monoisotopic (exact) mass is 420 g/mol. The lowest BCUT2D eigenvalue weighted by Gasteiger charge is -2.10. The number of ether oxygens (including phenoxy) is 2. The van der Waals surface area contributed by atoms with Gasteiger partial charge in [-0.15, -0.1) is 0 Å². The van der Waals surface area contributed by atoms with Crippen molar-refractivity contribution in [3.05, 3.63) is 77.6 Å². The molecule has 0 saturated heterocycles. The zero-order chi connectivity index (χ0) is 20.9. The van der Waals surface area contributed by atoms with Crippen LogP contribution in [-0.2, 0) is 13.3 Å². The van der Waals surface area contributed by atoms with E-state index in [9.17, 15) is 0 Å². The first kappa shape index (κ1) is 19.8. The van der Waals surface area contributed by atoms with Crippen LogP contribution in [-0.4, -0.2) is 23.4 Å². The van der Waals surface area contributed by atoms with Gasteiger partial charge in [0.05, 0.1) is 38.6 Å². The molecule has 0 aliphatic heterocycles. The predicted octanol–water partition coefficient (Wildman–Crippen LogP) is 5.33. The Balaban J connectivity index is 1.56. The Morgan fingerprint density at radius 1 is 0.667 bits per heavy atom. The average molecular weight is 421 g/mol. The minimum absolute atomic E-state index is 0.571. The number of nitrogens with zero attached hydrogens (tertiary/aromatic N) is 2. The minimum atomic E-state index is 0.571. The predicted molar refractivity (Wildman–Crippen MR) is 124 cm³/mol. The highest BCUT2D eigenvalue weighted by Crippen LogP contribution is 2.21. The summed E-state index contributed by atoms with van der Waals surface area (Å²) in [6.45, 7) is 1.14. The van der Waals surface area contributed by atoms with E-state index in [1.807, 2.05) is 60.7 Å². The van der Waals surface area contributed by atoms with Gasteiger partial charge in [0.15, 0.2) is 4.77 Å². The fraction of sp³-hybridized carbons (Fsp3) is 0.174. The van der Waals surface area contributed by atoms with Crippen LogP contribution in [0.3, 0.4) is 0 Å². The third-order valence-electron chi connectivity index (χ3n) is 4.99. The number of anilines is 2. The van der Waals surface area contributed by atoms with E-state index in [0.717, 1.165) is 38.7 Å². The maximum absolute atomic E-state index is 5.81. The molecule has 0 atom stereocenters. The number of methoxy groups -OCH3 is 2. The molecule has 7 heteroatoms. The Hall–Kier alpha value is -3.45. The molecular weight excluding hydrogens is 396 g/mol. The molecule has 154 valence electrons. The maximum atomic E-state index is 5.81. The first-order valence-corrected chi connectivity index (χ1v) is 10.0. The van der Waals surface area contributed by atoms with Gasteiger partial charge in [0.2, 0.25) is 0 Å². The Kier molecular flexibility index (Phi) is 5.90. The van der Waals surface area contributed by atoms with Gasteiger partial charge in [0, 0.05) is 11.4 Å². The van der Waals surface area contributed by atoms with E-state index < -0.39 is 0 Å². The van der Waals surface area contributed by atoms with Gasteiger partial charge in [-0.2, -0.15) is 0 Å². The van der Waals surface area contributed by atoms with Crippen molar-refractivity contribution in [2.24, 2.45) is 0 Å². The van der Waals surface area contributed by atoms with Gasteiger partial charge >= 0.3 is 0 Å². The number of hydrogen-bond donors (Lipinski definition) is 2. The summed E-state index contributed by atoms with van der Waals surface area (Å²) in [7, 11) is 3.33. The normalized spacial score (nSPS) is 10.7. The van der Waals surface area contributed by atoms with Crippen LogP contribution in [0.5, 0.6) is 11.5 Å². The van der Waals surface area contributed by atoms with Crippen molar-refractivity contribution >= 4 is 34.6 Å². The quantitative estimate of drug-likeness (QED) is 0.378. The van der Waals surface area contributed by atoms with E-state index in [1.165, 1.54) is 0 Å². The van der Waals surface area contributed by atoms with Crippen molar-refractivity contribution in [3.8, 4) is 11.5 Å². The lowest BCUT2D eigenvalue weighted by molar-refractivity contribution is 0.415. The smallest absolute Gasteiger partial charge is 0.183 e. The van der Waals surface area contributed by atoms with E-state index in [-0.39, 0.29) is 0 Å². The molecule has 0 unspecified atom stereocenters. The summed E-state index contributed by atoms with van der Waals surface area (Å²) in [5, 5.41) is 6.88. The van der Waals surface area contributed by atoms with Gasteiger partial charge in [-0.1, -0.05) is 12.1 Å². The molecule has 0 saturated carbocycles. The zero-order valence-electron chi connectivity index (χ0n) is 17.0. The van der Waals surface area contributed by atoms with Crippen molar-refractivity contribution in [2.75, 3.05) is 24.9 Å². The zero-order valence-corrected chi connectivity index (χ0v) is 17.8. The van der Waals surface area contributed by atoms with E-state index in [2.05, 4.69) is 31.9 Å². The van der Waals surface area contributed by atoms with Gasteiger partial charge in [-0.05, 0) is 72.9 Å². The Morgan fingerprint density at radius 3 is 1.43 bits per heavy atom. The van der Waals surface area contributed by atoms with Crippen LogP contribution in [0.4, 0.5) is 11.4 Å². The summed E-state index contributed by atoms with van der Waals surface area (Å²) in [5.74, 6) is 1.66. The van der Waals surface area contributed by atoms with Gasteiger partial charge < -0.3 is 20.1 Å². The lowest BCUT2D eigenvalue weighted by Crippen LogP contribution is -2.11. The number of hydrogen-bond acceptors (Lipinski definition) is 5. The number of imidazole rings is 1. The highest BCUT2D eigenvalue weighted by molar-refractivity contribution is 7.71. The number of para-hydroxylation sites is 2. The van der Waals surface area contributed by atoms with Crippen molar-refractivity contribution in [1.29, 1.82) is 0 Å². The Bertz CT molecular complexity index is 1090. The number of fused-ring (bicyclic) bond motifs is 1. The van der Waals surface area contributed by atoms with Gasteiger partial charge in [-0.25, -0.2) is 0 Å². The Morgan fingerprint density at radius 2 is 1.07 bits per heavy atom. The molecule has 4 rings (SSSR count). The molecule has 0 aliphatic carbocycles. The van der Waals surface area contributed by atoms with Crippen LogP contribution in [0.1, 0.15) is 0 Å². The molecule has 1 heterocycles. The molecule has 6 nitrogen and oxygen atoms in total. The first-order chi connectivity index (χ1) is 14.7. The fourth-order valence-corrected chi connectivity index (χ4v) is 3.66. The van der Waals surface area contributed by atoms with E-state index in [0.29, 0.717) is 13.3 Å². The minimum Gasteiger partial charge on any atom is -0.497 e. The van der Waals surface area contributed by atoms with Gasteiger partial charge in [-0.3, -0.25) is 9.13 Å². The van der Waals surface area contributed by atoms with Crippen molar-refractivity contribution in [2.45, 2.75) is 13.3 Å². The molecule has 4 aromatic rings. The summed E-state index contributed by atoms with van der Waals surface area (Å²) in [6.07, 6.45) is 0. The summed E-state index contributed by atoms with van der Waals surface area (Å²) >= 11 is 5.81. The lowest BCUT2D eigenvalue weighted by atomic mass is 10.3. The van der Waals surface area contributed by atoms with E-state index >= 15 is 0 Å². The topological polar surface area (TPSA) is 52.4 Å². The summed E-state index contributed by atoms with van der Waals surface area (Å²) < 4.78 is 15.4. The summed E-state index contributed by atoms with van der Waals surface area (Å²) in [6, 6.07) is 23.9. The third-order valence-corrected chi connectivity index (χ3v) is 5.43. The largest absolute Gasteiger partial charge is 0.497 e. The second-order valence-electron chi connectivity index (χ2n) is 6.75. The standard InChI is InChI=1S/C23H24N4O2S/c1-28-19-11-7-17(8-12-19)24-15-26-21-5-3-4-6-22(21)27(23(26)30)16-25-18-9-13-20(29-2)14-10-18/h3-14,24-25H,15-16H2,1-2H3. The molecule has 30 heavy (non-hydrogen) atoms. The molecule has 3 aromatic carbocycles. The van der Waals surface area contributed by atoms with Crippen LogP contribution in [0.15, 0.2) is 72.8 Å². The summed E-state index contributed by atoms with van der Waals surface area (Å²) in [4.78, 5) is 0. The molecule has 0 aliphatic rings. The number of aromatic nitrogens is 2. The SMILES string of the molecule is COc1ccc(NCn2c(=S)n(CNc3ccc(OC)cc3)c3ccccc32)cc1. The number of benzene rings is 3. The second kappa shape index (κ2) is 8.92. The molecule has 0 bridgehead atoms. The molecule has 0 fully saturated rings. The van der Waals surface area contributed by atoms with Gasteiger partial charge in [0.25, 0.3) is 0 Å². The molecule has 2 N–H and O–H groups in total. The summed E-state index contributed by atoms with van der Waals surface area (Å²) in [5.41, 5.74) is 4.18. The number of nitrogens with one attached hydrogen (secondary N) is 2. The van der Waals surface area contributed by atoms with Gasteiger partial charge in [0.1, 0.15) is 11.5 Å². The van der Waals surface area contributed by atoms with Crippen molar-refractivity contribution in [3.63, 3.8) is 0 Å². The van der Waals surface area contributed by atoms with Crippen molar-refractivity contribution < 1.29 is 9.47 Å². The van der Waals surface area contributed by atoms with Crippen LogP contribution < -0.4 is 20.1 Å². The average Bonchev–Trinajstić information content (AvgIpc) is 3.07. The molecule has 1 aromatic heterocycles. The molecule has 0 spiro atoms. The highest BCUT2D eigenvalue weighted by Gasteiger charge is 2.10. The molecular formula is C23H24N4O2S. The molecule has 0 amide bonds. The maximum Gasteiger partial charge on any atom is 0.183 e. The fourth-order valence-electron chi connectivity index (χ4n) is 3.34.